The molecule has 4 rings (SSSR count). The van der Waals surface area contributed by atoms with E-state index in [1.807, 2.05) is 30.3 Å². The highest BCUT2D eigenvalue weighted by Gasteiger charge is 2.34. The minimum atomic E-state index is -0.326. The van der Waals surface area contributed by atoms with Crippen molar-refractivity contribution >= 4 is 40.8 Å². The number of rotatable bonds is 7. The van der Waals surface area contributed by atoms with Gasteiger partial charge in [-0.3, -0.25) is 9.59 Å². The molecule has 5 nitrogen and oxygen atoms in total. The standard InChI is InChI=1S/C25H21Cl2NO4/c1-2-31-23(29)13-17-8-10-21(20(27)12-17)28-14-18-22(11-9-19(26)24(18)25(28)30)32-15-16-6-4-3-5-7-16/h3-12H,2,13-15H2,1H3. The largest absolute Gasteiger partial charge is 0.489 e. The zero-order valence-corrected chi connectivity index (χ0v) is 18.9. The number of ether oxygens (including phenoxy) is 2. The highest BCUT2D eigenvalue weighted by atomic mass is 35.5. The van der Waals surface area contributed by atoms with Gasteiger partial charge in [0.2, 0.25) is 0 Å². The molecule has 0 saturated carbocycles. The number of carbonyl (C=O) groups is 2. The molecule has 1 aliphatic heterocycles. The highest BCUT2D eigenvalue weighted by Crippen LogP contribution is 2.40. The Bertz CT molecular complexity index is 1160. The first-order chi connectivity index (χ1) is 15.5. The van der Waals surface area contributed by atoms with Crippen molar-refractivity contribution in [3.63, 3.8) is 0 Å². The smallest absolute Gasteiger partial charge is 0.310 e. The lowest BCUT2D eigenvalue weighted by molar-refractivity contribution is -0.142. The van der Waals surface area contributed by atoms with E-state index in [2.05, 4.69) is 0 Å². The van der Waals surface area contributed by atoms with Crippen LogP contribution in [0.15, 0.2) is 60.7 Å². The van der Waals surface area contributed by atoms with Gasteiger partial charge in [-0.2, -0.15) is 0 Å². The Hall–Kier alpha value is -3.02. The lowest BCUT2D eigenvalue weighted by Crippen LogP contribution is -2.23. The molecule has 1 aliphatic rings. The summed E-state index contributed by atoms with van der Waals surface area (Å²) in [7, 11) is 0. The van der Waals surface area contributed by atoms with Gasteiger partial charge in [0.05, 0.1) is 40.9 Å². The summed E-state index contributed by atoms with van der Waals surface area (Å²) in [6.45, 7) is 2.75. The third-order valence-electron chi connectivity index (χ3n) is 5.19. The maximum atomic E-state index is 13.2. The van der Waals surface area contributed by atoms with Gasteiger partial charge in [-0.25, -0.2) is 0 Å². The molecule has 1 heterocycles. The van der Waals surface area contributed by atoms with Gasteiger partial charge < -0.3 is 14.4 Å². The summed E-state index contributed by atoms with van der Waals surface area (Å²) in [4.78, 5) is 26.5. The Kier molecular flexibility index (Phi) is 6.68. The molecular weight excluding hydrogens is 449 g/mol. The fourth-order valence-electron chi connectivity index (χ4n) is 3.68. The molecule has 3 aromatic rings. The number of benzene rings is 3. The zero-order valence-electron chi connectivity index (χ0n) is 17.4. The quantitative estimate of drug-likeness (QED) is 0.408. The van der Waals surface area contributed by atoms with E-state index in [9.17, 15) is 9.59 Å². The summed E-state index contributed by atoms with van der Waals surface area (Å²) in [5.41, 5.74) is 3.43. The Balaban J connectivity index is 1.57. The molecule has 7 heteroatoms. The summed E-state index contributed by atoms with van der Waals surface area (Å²) in [6, 6.07) is 18.4. The average molecular weight is 470 g/mol. The number of anilines is 1. The van der Waals surface area contributed by atoms with Crippen molar-refractivity contribution in [3.05, 3.63) is 93.0 Å². The van der Waals surface area contributed by atoms with Crippen molar-refractivity contribution in [1.82, 2.24) is 0 Å². The lowest BCUT2D eigenvalue weighted by atomic mass is 10.1. The molecule has 0 spiro atoms. The maximum Gasteiger partial charge on any atom is 0.310 e. The Morgan fingerprint density at radius 3 is 2.50 bits per heavy atom. The fraction of sp³-hybridized carbons (Fsp3) is 0.200. The molecule has 0 saturated heterocycles. The van der Waals surface area contributed by atoms with E-state index >= 15 is 0 Å². The second-order valence-corrected chi connectivity index (χ2v) is 8.15. The average Bonchev–Trinajstić information content (AvgIpc) is 3.12. The van der Waals surface area contributed by atoms with E-state index in [1.54, 1.807) is 42.2 Å². The summed E-state index contributed by atoms with van der Waals surface area (Å²) in [6.07, 6.45) is 0.116. The van der Waals surface area contributed by atoms with E-state index in [4.69, 9.17) is 32.7 Å². The molecule has 0 bridgehead atoms. The predicted octanol–water partition coefficient (Wildman–Crippen LogP) is 5.84. The van der Waals surface area contributed by atoms with Gasteiger partial charge in [0, 0.05) is 5.56 Å². The van der Waals surface area contributed by atoms with Crippen LogP contribution >= 0.6 is 23.2 Å². The van der Waals surface area contributed by atoms with Crippen LogP contribution in [-0.2, 0) is 29.1 Å². The minimum Gasteiger partial charge on any atom is -0.489 e. The van der Waals surface area contributed by atoms with Gasteiger partial charge in [0.1, 0.15) is 12.4 Å². The zero-order chi connectivity index (χ0) is 22.7. The van der Waals surface area contributed by atoms with Crippen LogP contribution in [0.1, 0.15) is 34.0 Å². The molecule has 3 aromatic carbocycles. The Morgan fingerprint density at radius 1 is 1.00 bits per heavy atom. The van der Waals surface area contributed by atoms with Crippen molar-refractivity contribution in [1.29, 1.82) is 0 Å². The number of hydrogen-bond acceptors (Lipinski definition) is 4. The molecule has 164 valence electrons. The topological polar surface area (TPSA) is 55.8 Å². The van der Waals surface area contributed by atoms with E-state index in [-0.39, 0.29) is 24.8 Å². The monoisotopic (exact) mass is 469 g/mol. The molecule has 0 unspecified atom stereocenters. The van der Waals surface area contributed by atoms with Gasteiger partial charge in [-0.1, -0.05) is 59.6 Å². The van der Waals surface area contributed by atoms with Crippen LogP contribution < -0.4 is 9.64 Å². The van der Waals surface area contributed by atoms with Crippen molar-refractivity contribution in [3.8, 4) is 5.75 Å². The van der Waals surface area contributed by atoms with Crippen molar-refractivity contribution < 1.29 is 19.1 Å². The SMILES string of the molecule is CCOC(=O)Cc1ccc(N2Cc3c(OCc4ccccc4)ccc(Cl)c3C2=O)c(Cl)c1. The summed E-state index contributed by atoms with van der Waals surface area (Å²) in [5.74, 6) is 0.0438. The maximum absolute atomic E-state index is 13.2. The lowest BCUT2D eigenvalue weighted by Gasteiger charge is -2.18. The summed E-state index contributed by atoms with van der Waals surface area (Å²) < 4.78 is 11.0. The second-order valence-electron chi connectivity index (χ2n) is 7.33. The van der Waals surface area contributed by atoms with Crippen LogP contribution in [-0.4, -0.2) is 18.5 Å². The Labute approximate surface area is 196 Å². The van der Waals surface area contributed by atoms with Crippen LogP contribution in [0, 0.1) is 0 Å². The van der Waals surface area contributed by atoms with Gasteiger partial charge in [-0.05, 0) is 42.3 Å². The number of nitrogens with zero attached hydrogens (tertiary/aromatic N) is 1. The van der Waals surface area contributed by atoms with Crippen LogP contribution in [0.5, 0.6) is 5.75 Å². The van der Waals surface area contributed by atoms with E-state index < -0.39 is 0 Å². The molecule has 0 N–H and O–H groups in total. The number of carbonyl (C=O) groups excluding carboxylic acids is 2. The van der Waals surface area contributed by atoms with Crippen molar-refractivity contribution in [2.45, 2.75) is 26.5 Å². The summed E-state index contributed by atoms with van der Waals surface area (Å²) in [5, 5.41) is 0.741. The number of halogens is 2. The van der Waals surface area contributed by atoms with Gasteiger partial charge in [-0.15, -0.1) is 0 Å². The first-order valence-corrected chi connectivity index (χ1v) is 11.0. The van der Waals surface area contributed by atoms with Crippen molar-refractivity contribution in [2.24, 2.45) is 0 Å². The number of fused-ring (bicyclic) bond motifs is 1. The Morgan fingerprint density at radius 2 is 1.78 bits per heavy atom. The van der Waals surface area contributed by atoms with Gasteiger partial charge in [0.15, 0.2) is 0 Å². The summed E-state index contributed by atoms with van der Waals surface area (Å²) >= 11 is 12.9. The number of amides is 1. The molecule has 0 atom stereocenters. The fourth-order valence-corrected chi connectivity index (χ4v) is 4.24. The normalized spacial score (nSPS) is 12.6. The van der Waals surface area contributed by atoms with Crippen LogP contribution in [0.25, 0.3) is 0 Å². The third kappa shape index (κ3) is 4.59. The molecule has 0 aliphatic carbocycles. The molecular formula is C25H21Cl2NO4. The first-order valence-electron chi connectivity index (χ1n) is 10.2. The van der Waals surface area contributed by atoms with E-state index in [0.29, 0.717) is 45.8 Å². The van der Waals surface area contributed by atoms with E-state index in [1.165, 1.54) is 0 Å². The molecule has 0 fully saturated rings. The molecule has 32 heavy (non-hydrogen) atoms. The third-order valence-corrected chi connectivity index (χ3v) is 5.81. The minimum absolute atomic E-state index is 0.116. The van der Waals surface area contributed by atoms with Crippen LogP contribution in [0.4, 0.5) is 5.69 Å². The second kappa shape index (κ2) is 9.63. The molecule has 0 radical (unpaired) electrons. The van der Waals surface area contributed by atoms with Crippen LogP contribution in [0.3, 0.4) is 0 Å². The number of hydrogen-bond donors (Lipinski definition) is 0. The van der Waals surface area contributed by atoms with Gasteiger partial charge in [0.25, 0.3) is 5.91 Å². The van der Waals surface area contributed by atoms with Gasteiger partial charge >= 0.3 is 5.97 Å². The molecule has 0 aromatic heterocycles. The van der Waals surface area contributed by atoms with E-state index in [0.717, 1.165) is 11.1 Å². The highest BCUT2D eigenvalue weighted by molar-refractivity contribution is 6.37. The molecule has 1 amide bonds. The van der Waals surface area contributed by atoms with Crippen molar-refractivity contribution in [2.75, 3.05) is 11.5 Å². The first kappa shape index (κ1) is 22.2. The van der Waals surface area contributed by atoms with Crippen LogP contribution in [0.2, 0.25) is 10.0 Å². The predicted molar refractivity (Wildman–Crippen MR) is 125 cm³/mol. The number of esters is 1.